The molecule has 0 saturated carbocycles. The standard InChI is InChI=1S/C9H15N2/c1-2-6-9(10)11-7-4-3-5-8-11/h3-5,7-9H,2,6,10H2,1H3/q+1. The lowest BCUT2D eigenvalue weighted by atomic mass is 10.3. The summed E-state index contributed by atoms with van der Waals surface area (Å²) < 4.78 is 2.03. The summed E-state index contributed by atoms with van der Waals surface area (Å²) in [5, 5.41) is 0. The van der Waals surface area contributed by atoms with Crippen LogP contribution in [-0.4, -0.2) is 0 Å². The second kappa shape index (κ2) is 4.09. The van der Waals surface area contributed by atoms with E-state index < -0.39 is 0 Å². The highest BCUT2D eigenvalue weighted by Crippen LogP contribution is 1.96. The summed E-state index contributed by atoms with van der Waals surface area (Å²) in [6.07, 6.45) is 6.31. The summed E-state index contributed by atoms with van der Waals surface area (Å²) in [7, 11) is 0. The zero-order chi connectivity index (χ0) is 8.10. The predicted octanol–water partition coefficient (Wildman–Crippen LogP) is 1.23. The van der Waals surface area contributed by atoms with Gasteiger partial charge in [0, 0.05) is 18.6 Å². The molecule has 2 N–H and O–H groups in total. The van der Waals surface area contributed by atoms with Gasteiger partial charge in [0.25, 0.3) is 0 Å². The molecule has 1 aromatic heterocycles. The molecule has 1 atom stereocenters. The van der Waals surface area contributed by atoms with Crippen LogP contribution in [-0.2, 0) is 0 Å². The van der Waals surface area contributed by atoms with Gasteiger partial charge in [0.05, 0.1) is 0 Å². The lowest BCUT2D eigenvalue weighted by molar-refractivity contribution is -0.723. The Labute approximate surface area is 67.7 Å². The molecule has 11 heavy (non-hydrogen) atoms. The quantitative estimate of drug-likeness (QED) is 0.647. The van der Waals surface area contributed by atoms with Crippen LogP contribution < -0.4 is 10.3 Å². The summed E-state index contributed by atoms with van der Waals surface area (Å²) in [4.78, 5) is 0. The van der Waals surface area contributed by atoms with Gasteiger partial charge in [0.1, 0.15) is 0 Å². The van der Waals surface area contributed by atoms with Gasteiger partial charge in [-0.05, 0) is 6.42 Å². The van der Waals surface area contributed by atoms with Crippen molar-refractivity contribution in [3.63, 3.8) is 0 Å². The van der Waals surface area contributed by atoms with Crippen molar-refractivity contribution in [2.75, 3.05) is 0 Å². The predicted molar refractivity (Wildman–Crippen MR) is 44.8 cm³/mol. The Morgan fingerprint density at radius 2 is 1.91 bits per heavy atom. The molecule has 0 aliphatic carbocycles. The van der Waals surface area contributed by atoms with Crippen LogP contribution in [0.1, 0.15) is 25.9 Å². The average Bonchev–Trinajstić information content (AvgIpc) is 2.07. The average molecular weight is 151 g/mol. The van der Waals surface area contributed by atoms with Crippen LogP contribution in [0.5, 0.6) is 0 Å². The summed E-state index contributed by atoms with van der Waals surface area (Å²) in [5.41, 5.74) is 5.87. The number of nitrogens with two attached hydrogens (primary N) is 1. The minimum atomic E-state index is 0.140. The Hall–Kier alpha value is -0.890. The number of nitrogens with zero attached hydrogens (tertiary/aromatic N) is 1. The topological polar surface area (TPSA) is 29.9 Å². The Kier molecular flexibility index (Phi) is 3.05. The van der Waals surface area contributed by atoms with E-state index in [2.05, 4.69) is 6.92 Å². The van der Waals surface area contributed by atoms with Gasteiger partial charge in [0.15, 0.2) is 12.4 Å². The molecule has 0 amide bonds. The van der Waals surface area contributed by atoms with Crippen molar-refractivity contribution in [2.45, 2.75) is 25.9 Å². The third-order valence-electron chi connectivity index (χ3n) is 1.71. The maximum Gasteiger partial charge on any atom is 0.209 e. The van der Waals surface area contributed by atoms with E-state index in [1.165, 1.54) is 0 Å². The minimum Gasteiger partial charge on any atom is -0.273 e. The molecule has 0 saturated heterocycles. The molecule has 0 spiro atoms. The molecule has 1 unspecified atom stereocenters. The van der Waals surface area contributed by atoms with E-state index in [4.69, 9.17) is 5.73 Å². The van der Waals surface area contributed by atoms with Gasteiger partial charge in [-0.25, -0.2) is 0 Å². The zero-order valence-corrected chi connectivity index (χ0v) is 6.90. The number of hydrogen-bond donors (Lipinski definition) is 1. The highest BCUT2D eigenvalue weighted by Gasteiger charge is 2.08. The van der Waals surface area contributed by atoms with E-state index >= 15 is 0 Å². The third kappa shape index (κ3) is 2.31. The van der Waals surface area contributed by atoms with E-state index in [1.807, 2.05) is 35.2 Å². The lowest BCUT2D eigenvalue weighted by Gasteiger charge is -2.03. The number of hydrogen-bond acceptors (Lipinski definition) is 1. The van der Waals surface area contributed by atoms with Crippen LogP contribution in [0.2, 0.25) is 0 Å². The first-order valence-corrected chi connectivity index (χ1v) is 4.06. The van der Waals surface area contributed by atoms with E-state index in [1.54, 1.807) is 0 Å². The first-order chi connectivity index (χ1) is 5.34. The van der Waals surface area contributed by atoms with Crippen molar-refractivity contribution in [2.24, 2.45) is 5.73 Å². The number of aromatic nitrogens is 1. The summed E-state index contributed by atoms with van der Waals surface area (Å²) in [6.45, 7) is 2.14. The van der Waals surface area contributed by atoms with Crippen molar-refractivity contribution in [3.05, 3.63) is 30.6 Å². The van der Waals surface area contributed by atoms with Crippen LogP contribution in [0.3, 0.4) is 0 Å². The highest BCUT2D eigenvalue weighted by molar-refractivity contribution is 4.83. The largest absolute Gasteiger partial charge is 0.273 e. The zero-order valence-electron chi connectivity index (χ0n) is 6.90. The molecule has 0 aromatic carbocycles. The fourth-order valence-corrected chi connectivity index (χ4v) is 1.08. The number of pyridine rings is 1. The second-order valence-electron chi connectivity index (χ2n) is 2.68. The molecule has 0 radical (unpaired) electrons. The minimum absolute atomic E-state index is 0.140. The molecular formula is C9H15N2+. The maximum atomic E-state index is 5.87. The monoisotopic (exact) mass is 151 g/mol. The van der Waals surface area contributed by atoms with Crippen LogP contribution in [0.25, 0.3) is 0 Å². The van der Waals surface area contributed by atoms with Crippen LogP contribution in [0, 0.1) is 0 Å². The van der Waals surface area contributed by atoms with Gasteiger partial charge in [-0.1, -0.05) is 13.0 Å². The fraction of sp³-hybridized carbons (Fsp3) is 0.444. The normalized spacial score (nSPS) is 12.9. The molecule has 2 nitrogen and oxygen atoms in total. The third-order valence-corrected chi connectivity index (χ3v) is 1.71. The maximum absolute atomic E-state index is 5.87. The van der Waals surface area contributed by atoms with Crippen molar-refractivity contribution in [1.29, 1.82) is 0 Å². The van der Waals surface area contributed by atoms with Gasteiger partial charge < -0.3 is 0 Å². The molecule has 1 heterocycles. The van der Waals surface area contributed by atoms with Crippen LogP contribution >= 0.6 is 0 Å². The molecule has 0 fully saturated rings. The Morgan fingerprint density at radius 1 is 1.27 bits per heavy atom. The first-order valence-electron chi connectivity index (χ1n) is 4.06. The molecule has 60 valence electrons. The molecular weight excluding hydrogens is 136 g/mol. The van der Waals surface area contributed by atoms with Crippen molar-refractivity contribution in [1.82, 2.24) is 0 Å². The van der Waals surface area contributed by atoms with Crippen molar-refractivity contribution in [3.8, 4) is 0 Å². The van der Waals surface area contributed by atoms with Gasteiger partial charge in [-0.3, -0.25) is 5.73 Å². The van der Waals surface area contributed by atoms with E-state index in [9.17, 15) is 0 Å². The molecule has 0 aliphatic heterocycles. The molecule has 2 heteroatoms. The highest BCUT2D eigenvalue weighted by atomic mass is 15.1. The van der Waals surface area contributed by atoms with E-state index in [-0.39, 0.29) is 6.17 Å². The smallest absolute Gasteiger partial charge is 0.209 e. The molecule has 0 aliphatic rings. The van der Waals surface area contributed by atoms with E-state index in [0.717, 1.165) is 12.8 Å². The van der Waals surface area contributed by atoms with E-state index in [0.29, 0.717) is 0 Å². The van der Waals surface area contributed by atoms with Crippen molar-refractivity contribution < 1.29 is 4.57 Å². The second-order valence-corrected chi connectivity index (χ2v) is 2.68. The molecule has 1 rings (SSSR count). The number of rotatable bonds is 3. The Morgan fingerprint density at radius 3 is 2.45 bits per heavy atom. The summed E-state index contributed by atoms with van der Waals surface area (Å²) >= 11 is 0. The Balaban J connectivity index is 2.61. The SMILES string of the molecule is CCCC(N)[n+]1ccccc1. The summed E-state index contributed by atoms with van der Waals surface area (Å²) in [5.74, 6) is 0. The van der Waals surface area contributed by atoms with Gasteiger partial charge in [-0.2, -0.15) is 4.57 Å². The molecule has 0 bridgehead atoms. The fourth-order valence-electron chi connectivity index (χ4n) is 1.08. The summed E-state index contributed by atoms with van der Waals surface area (Å²) in [6, 6.07) is 5.99. The van der Waals surface area contributed by atoms with Crippen molar-refractivity contribution >= 4 is 0 Å². The molecule has 1 aromatic rings. The van der Waals surface area contributed by atoms with Crippen LogP contribution in [0.15, 0.2) is 30.6 Å². The van der Waals surface area contributed by atoms with Gasteiger partial charge in [0.2, 0.25) is 6.17 Å². The van der Waals surface area contributed by atoms with Crippen LogP contribution in [0.4, 0.5) is 0 Å². The lowest BCUT2D eigenvalue weighted by Crippen LogP contribution is -2.43. The van der Waals surface area contributed by atoms with Gasteiger partial charge in [-0.15, -0.1) is 0 Å². The Bertz CT molecular complexity index is 196. The van der Waals surface area contributed by atoms with Gasteiger partial charge >= 0.3 is 0 Å². The first kappa shape index (κ1) is 8.21.